The fourth-order valence-electron chi connectivity index (χ4n) is 1.89. The number of dihydropyridines is 1. The topological polar surface area (TPSA) is 30.2 Å². The molecule has 3 heteroatoms. The number of aromatic nitrogens is 2. The fraction of sp³-hybridized carbons (Fsp3) is 0.400. The molecule has 0 saturated carbocycles. The molecule has 0 unspecified atom stereocenters. The molecule has 2 heterocycles. The van der Waals surface area contributed by atoms with E-state index in [-0.39, 0.29) is 0 Å². The van der Waals surface area contributed by atoms with Crippen molar-refractivity contribution in [3.8, 4) is 0 Å². The van der Waals surface area contributed by atoms with Crippen molar-refractivity contribution in [2.45, 2.75) is 34.6 Å². The molecule has 1 atom stereocenters. The van der Waals surface area contributed by atoms with Gasteiger partial charge in [0.05, 0.1) is 6.20 Å². The van der Waals surface area contributed by atoms with Gasteiger partial charge in [0.1, 0.15) is 0 Å². The highest BCUT2D eigenvalue weighted by molar-refractivity contribution is 5.93. The number of aliphatic imine (C=N–C) groups is 1. The van der Waals surface area contributed by atoms with Crippen LogP contribution in [0, 0.1) is 26.7 Å². The molecule has 2 aromatic rings. The average molecular weight is 311 g/mol. The van der Waals surface area contributed by atoms with Crippen molar-refractivity contribution < 1.29 is 0 Å². The van der Waals surface area contributed by atoms with Crippen LogP contribution in [-0.2, 0) is 7.05 Å². The van der Waals surface area contributed by atoms with Crippen molar-refractivity contribution in [2.75, 3.05) is 6.54 Å². The molecule has 1 aromatic heterocycles. The van der Waals surface area contributed by atoms with E-state index in [0.29, 0.717) is 5.92 Å². The lowest BCUT2D eigenvalue weighted by atomic mass is 10.1. The standard InChI is InChI=1S/C8H10.C7H11N.C5H8N2/c1-7-3-5-8(2)6-4-7;1-6-3-4-7(2)8-5-6;1-5-3-6-7(2)4-5/h3-6H,1-2H3;3-4,6H,5H2,1-2H3;3-4H,1-2H3/t;6-;/m.1./s1. The maximum absolute atomic E-state index is 4.24. The van der Waals surface area contributed by atoms with Crippen LogP contribution in [0.25, 0.3) is 0 Å². The van der Waals surface area contributed by atoms with Crippen molar-refractivity contribution in [3.05, 3.63) is 65.5 Å². The molecule has 1 aliphatic rings. The third-order valence-corrected chi connectivity index (χ3v) is 3.35. The Morgan fingerprint density at radius 2 is 1.52 bits per heavy atom. The predicted molar refractivity (Wildman–Crippen MR) is 100 cm³/mol. The second kappa shape index (κ2) is 9.78. The van der Waals surface area contributed by atoms with Gasteiger partial charge in [-0.1, -0.05) is 48.4 Å². The number of benzene rings is 1. The third-order valence-electron chi connectivity index (χ3n) is 3.35. The van der Waals surface area contributed by atoms with Gasteiger partial charge in [-0.3, -0.25) is 9.67 Å². The van der Waals surface area contributed by atoms with Gasteiger partial charge in [-0.25, -0.2) is 0 Å². The Labute approximate surface area is 140 Å². The molecule has 3 rings (SSSR count). The Morgan fingerprint density at radius 3 is 1.78 bits per heavy atom. The molecule has 0 saturated heterocycles. The van der Waals surface area contributed by atoms with Crippen molar-refractivity contribution in [2.24, 2.45) is 18.0 Å². The quantitative estimate of drug-likeness (QED) is 0.694. The first-order chi connectivity index (χ1) is 10.9. The van der Waals surface area contributed by atoms with Crippen LogP contribution >= 0.6 is 0 Å². The molecular weight excluding hydrogens is 282 g/mol. The summed E-state index contributed by atoms with van der Waals surface area (Å²) >= 11 is 0. The van der Waals surface area contributed by atoms with Crippen LogP contribution in [0.5, 0.6) is 0 Å². The summed E-state index contributed by atoms with van der Waals surface area (Å²) in [5.74, 6) is 0.652. The van der Waals surface area contributed by atoms with Crippen molar-refractivity contribution >= 4 is 5.71 Å². The lowest BCUT2D eigenvalue weighted by molar-refractivity contribution is 0.733. The van der Waals surface area contributed by atoms with Gasteiger partial charge in [0, 0.05) is 25.5 Å². The fourth-order valence-corrected chi connectivity index (χ4v) is 1.89. The van der Waals surface area contributed by atoms with Gasteiger partial charge in [-0.2, -0.15) is 5.10 Å². The normalized spacial score (nSPS) is 15.7. The third kappa shape index (κ3) is 8.77. The molecule has 1 aromatic carbocycles. The number of rotatable bonds is 0. The van der Waals surface area contributed by atoms with Crippen molar-refractivity contribution in [3.63, 3.8) is 0 Å². The molecule has 3 nitrogen and oxygen atoms in total. The minimum atomic E-state index is 0.652. The van der Waals surface area contributed by atoms with E-state index in [1.807, 2.05) is 33.3 Å². The number of hydrogen-bond acceptors (Lipinski definition) is 2. The minimum Gasteiger partial charge on any atom is -0.289 e. The van der Waals surface area contributed by atoms with Gasteiger partial charge in [0.25, 0.3) is 0 Å². The van der Waals surface area contributed by atoms with E-state index in [9.17, 15) is 0 Å². The molecule has 23 heavy (non-hydrogen) atoms. The van der Waals surface area contributed by atoms with Crippen LogP contribution < -0.4 is 0 Å². The molecular formula is C20H29N3. The highest BCUT2D eigenvalue weighted by Crippen LogP contribution is 2.03. The Morgan fingerprint density at radius 1 is 0.957 bits per heavy atom. The van der Waals surface area contributed by atoms with E-state index in [1.54, 1.807) is 4.68 Å². The molecule has 0 aliphatic carbocycles. The van der Waals surface area contributed by atoms with Crippen LogP contribution in [0.2, 0.25) is 0 Å². The summed E-state index contributed by atoms with van der Waals surface area (Å²) in [7, 11) is 1.91. The Bertz CT molecular complexity index is 596. The summed E-state index contributed by atoms with van der Waals surface area (Å²) in [6.07, 6.45) is 8.08. The molecule has 0 fully saturated rings. The highest BCUT2D eigenvalue weighted by Gasteiger charge is 1.98. The van der Waals surface area contributed by atoms with E-state index in [4.69, 9.17) is 0 Å². The molecule has 1 aliphatic heterocycles. The predicted octanol–water partition coefficient (Wildman–Crippen LogP) is 4.69. The van der Waals surface area contributed by atoms with Crippen molar-refractivity contribution in [1.82, 2.24) is 9.78 Å². The minimum absolute atomic E-state index is 0.652. The highest BCUT2D eigenvalue weighted by atomic mass is 15.2. The maximum atomic E-state index is 4.24. The Kier molecular flexibility index (Phi) is 8.03. The second-order valence-corrected chi connectivity index (χ2v) is 6.16. The van der Waals surface area contributed by atoms with E-state index in [2.05, 4.69) is 67.3 Å². The van der Waals surface area contributed by atoms with Crippen LogP contribution in [0.1, 0.15) is 30.5 Å². The maximum Gasteiger partial charge on any atom is 0.0518 e. The smallest absolute Gasteiger partial charge is 0.0518 e. The van der Waals surface area contributed by atoms with Gasteiger partial charge >= 0.3 is 0 Å². The van der Waals surface area contributed by atoms with Gasteiger partial charge in [-0.15, -0.1) is 0 Å². The van der Waals surface area contributed by atoms with Crippen LogP contribution in [-0.4, -0.2) is 22.0 Å². The zero-order chi connectivity index (χ0) is 17.2. The van der Waals surface area contributed by atoms with Gasteiger partial charge < -0.3 is 0 Å². The first-order valence-corrected chi connectivity index (χ1v) is 8.04. The lowest BCUT2D eigenvalue weighted by Gasteiger charge is -2.06. The molecule has 0 amide bonds. The summed E-state index contributed by atoms with van der Waals surface area (Å²) in [6, 6.07) is 8.48. The number of allylic oxidation sites excluding steroid dienone is 1. The Hall–Kier alpha value is -2.16. The number of aryl methyl sites for hydroxylation is 4. The van der Waals surface area contributed by atoms with Crippen LogP contribution in [0.4, 0.5) is 0 Å². The second-order valence-electron chi connectivity index (χ2n) is 6.16. The van der Waals surface area contributed by atoms with Crippen LogP contribution in [0.3, 0.4) is 0 Å². The van der Waals surface area contributed by atoms with Gasteiger partial charge in [0.2, 0.25) is 0 Å². The summed E-state index contributed by atoms with van der Waals surface area (Å²) < 4.78 is 1.79. The largest absolute Gasteiger partial charge is 0.289 e. The number of nitrogens with zero attached hydrogens (tertiary/aromatic N) is 3. The summed E-state index contributed by atoms with van der Waals surface area (Å²) in [5, 5.41) is 3.93. The first-order valence-electron chi connectivity index (χ1n) is 8.04. The molecule has 0 spiro atoms. The average Bonchev–Trinajstić information content (AvgIpc) is 2.90. The van der Waals surface area contributed by atoms with Gasteiger partial charge in [-0.05, 0) is 45.3 Å². The molecule has 124 valence electrons. The van der Waals surface area contributed by atoms with Gasteiger partial charge in [0.15, 0.2) is 0 Å². The van der Waals surface area contributed by atoms with E-state index in [1.165, 1.54) is 16.7 Å². The zero-order valence-corrected chi connectivity index (χ0v) is 15.2. The summed E-state index contributed by atoms with van der Waals surface area (Å²) in [4.78, 5) is 4.24. The Balaban J connectivity index is 0.000000173. The van der Waals surface area contributed by atoms with E-state index >= 15 is 0 Å². The molecule has 0 bridgehead atoms. The summed E-state index contributed by atoms with van der Waals surface area (Å²) in [6.45, 7) is 11.4. The SMILES string of the molecule is CC1=NC[C@H](C)C=C1.Cc1ccc(C)cc1.Cc1cnn(C)c1. The molecule has 0 radical (unpaired) electrons. The zero-order valence-electron chi connectivity index (χ0n) is 15.2. The first kappa shape index (κ1) is 18.9. The van der Waals surface area contributed by atoms with Crippen LogP contribution in [0.15, 0.2) is 53.8 Å². The molecule has 0 N–H and O–H groups in total. The van der Waals surface area contributed by atoms with E-state index < -0.39 is 0 Å². The number of hydrogen-bond donors (Lipinski definition) is 0. The monoisotopic (exact) mass is 311 g/mol. The summed E-state index contributed by atoms with van der Waals surface area (Å²) in [5.41, 5.74) is 5.02. The van der Waals surface area contributed by atoms with Crippen molar-refractivity contribution in [1.29, 1.82) is 0 Å². The lowest BCUT2D eigenvalue weighted by Crippen LogP contribution is -2.03. The van der Waals surface area contributed by atoms with E-state index in [0.717, 1.165) is 12.3 Å².